The maximum Gasteiger partial charge on any atom is 0.306 e. The Morgan fingerprint density at radius 2 is 1.38 bits per heavy atom. The quantitative estimate of drug-likeness (QED) is 0.363. The third kappa shape index (κ3) is 11.7. The number of esters is 1. The zero-order valence-corrected chi connectivity index (χ0v) is 14.4. The van der Waals surface area contributed by atoms with Crippen LogP contribution in [-0.4, -0.2) is 23.3 Å². The Balaban J connectivity index is 3.49. The number of aliphatic hydroxyl groups excluding tert-OH is 1. The van der Waals surface area contributed by atoms with Gasteiger partial charge in [-0.25, -0.2) is 0 Å². The SMILES string of the molecule is CCCCCCCCCCCC(=O)OC(CC)C(O)CC. The van der Waals surface area contributed by atoms with Crippen molar-refractivity contribution in [3.63, 3.8) is 0 Å². The first-order chi connectivity index (χ1) is 10.2. The highest BCUT2D eigenvalue weighted by atomic mass is 16.6. The lowest BCUT2D eigenvalue weighted by atomic mass is 10.1. The van der Waals surface area contributed by atoms with Crippen LogP contribution in [-0.2, 0) is 9.53 Å². The molecule has 0 spiro atoms. The molecule has 1 N–H and O–H groups in total. The van der Waals surface area contributed by atoms with Crippen LogP contribution in [0.5, 0.6) is 0 Å². The lowest BCUT2D eigenvalue weighted by Gasteiger charge is -2.20. The van der Waals surface area contributed by atoms with Crippen molar-refractivity contribution in [3.05, 3.63) is 0 Å². The molecule has 0 heterocycles. The number of unbranched alkanes of at least 4 members (excludes halogenated alkanes) is 8. The Hall–Kier alpha value is -0.570. The summed E-state index contributed by atoms with van der Waals surface area (Å²) in [5.41, 5.74) is 0. The maximum atomic E-state index is 11.7. The molecular formula is C18H36O3. The van der Waals surface area contributed by atoms with Gasteiger partial charge < -0.3 is 9.84 Å². The molecule has 2 unspecified atom stereocenters. The number of carbonyl (C=O) groups is 1. The summed E-state index contributed by atoms with van der Waals surface area (Å²) in [5, 5.41) is 9.72. The number of ether oxygens (including phenoxy) is 1. The third-order valence-corrected chi connectivity index (χ3v) is 4.02. The predicted octanol–water partition coefficient (Wildman–Crippen LogP) is 5.00. The lowest BCUT2D eigenvalue weighted by molar-refractivity contribution is -0.155. The minimum atomic E-state index is -0.526. The van der Waals surface area contributed by atoms with Crippen LogP contribution in [0.25, 0.3) is 0 Å². The summed E-state index contributed by atoms with van der Waals surface area (Å²) in [6.45, 7) is 6.08. The van der Waals surface area contributed by atoms with Crippen LogP contribution >= 0.6 is 0 Å². The molecule has 0 aromatic heterocycles. The zero-order valence-electron chi connectivity index (χ0n) is 14.4. The van der Waals surface area contributed by atoms with Crippen LogP contribution < -0.4 is 0 Å². The minimum Gasteiger partial charge on any atom is -0.460 e. The topological polar surface area (TPSA) is 46.5 Å². The molecule has 3 heteroatoms. The fourth-order valence-electron chi connectivity index (χ4n) is 2.50. The largest absolute Gasteiger partial charge is 0.460 e. The van der Waals surface area contributed by atoms with E-state index < -0.39 is 6.10 Å². The van der Waals surface area contributed by atoms with E-state index in [0.29, 0.717) is 19.3 Å². The Morgan fingerprint density at radius 3 is 1.86 bits per heavy atom. The highest BCUT2D eigenvalue weighted by Crippen LogP contribution is 2.13. The van der Waals surface area contributed by atoms with Crippen molar-refractivity contribution in [2.24, 2.45) is 0 Å². The number of carbonyl (C=O) groups excluding carboxylic acids is 1. The Bertz CT molecular complexity index is 241. The summed E-state index contributed by atoms with van der Waals surface area (Å²) >= 11 is 0. The summed E-state index contributed by atoms with van der Waals surface area (Å²) < 4.78 is 5.34. The second kappa shape index (κ2) is 14.4. The summed E-state index contributed by atoms with van der Waals surface area (Å²) in [4.78, 5) is 11.7. The van der Waals surface area contributed by atoms with Crippen molar-refractivity contribution in [1.29, 1.82) is 0 Å². The van der Waals surface area contributed by atoms with Crippen LogP contribution in [0.2, 0.25) is 0 Å². The van der Waals surface area contributed by atoms with Crippen LogP contribution in [0.3, 0.4) is 0 Å². The first-order valence-corrected chi connectivity index (χ1v) is 9.03. The molecule has 0 aliphatic heterocycles. The van der Waals surface area contributed by atoms with Gasteiger partial charge in [-0.05, 0) is 19.3 Å². The molecule has 0 aromatic carbocycles. The van der Waals surface area contributed by atoms with E-state index in [0.717, 1.165) is 12.8 Å². The van der Waals surface area contributed by atoms with Crippen molar-refractivity contribution in [3.8, 4) is 0 Å². The molecule has 0 fully saturated rings. The van der Waals surface area contributed by atoms with Gasteiger partial charge in [0, 0.05) is 6.42 Å². The van der Waals surface area contributed by atoms with Crippen molar-refractivity contribution in [2.75, 3.05) is 0 Å². The number of aliphatic hydroxyl groups is 1. The van der Waals surface area contributed by atoms with Crippen LogP contribution in [0.4, 0.5) is 0 Å². The van der Waals surface area contributed by atoms with Crippen LogP contribution in [0.15, 0.2) is 0 Å². The van der Waals surface area contributed by atoms with Gasteiger partial charge in [0.05, 0.1) is 6.10 Å². The molecule has 0 aliphatic carbocycles. The average Bonchev–Trinajstić information content (AvgIpc) is 2.50. The van der Waals surface area contributed by atoms with Crippen LogP contribution in [0.1, 0.15) is 97.8 Å². The summed E-state index contributed by atoms with van der Waals surface area (Å²) in [5.74, 6) is -0.155. The molecular weight excluding hydrogens is 264 g/mol. The van der Waals surface area contributed by atoms with Gasteiger partial charge in [0.15, 0.2) is 0 Å². The van der Waals surface area contributed by atoms with E-state index in [2.05, 4.69) is 6.92 Å². The normalized spacial score (nSPS) is 13.9. The van der Waals surface area contributed by atoms with Gasteiger partial charge in [-0.1, -0.05) is 72.1 Å². The smallest absolute Gasteiger partial charge is 0.306 e. The molecule has 21 heavy (non-hydrogen) atoms. The van der Waals surface area contributed by atoms with Gasteiger partial charge in [0.1, 0.15) is 6.10 Å². The highest BCUT2D eigenvalue weighted by molar-refractivity contribution is 5.69. The average molecular weight is 300 g/mol. The van der Waals surface area contributed by atoms with E-state index in [1.807, 2.05) is 13.8 Å². The third-order valence-electron chi connectivity index (χ3n) is 4.02. The van der Waals surface area contributed by atoms with Crippen molar-refractivity contribution < 1.29 is 14.6 Å². The summed E-state index contributed by atoms with van der Waals surface area (Å²) in [6.07, 6.45) is 12.1. The van der Waals surface area contributed by atoms with E-state index in [-0.39, 0.29) is 12.1 Å². The Labute approximate surface area is 131 Å². The zero-order chi connectivity index (χ0) is 15.9. The first kappa shape index (κ1) is 20.4. The second-order valence-corrected chi connectivity index (χ2v) is 5.99. The van der Waals surface area contributed by atoms with Gasteiger partial charge in [-0.3, -0.25) is 4.79 Å². The predicted molar refractivity (Wildman–Crippen MR) is 88.3 cm³/mol. The minimum absolute atomic E-state index is 0.155. The van der Waals surface area contributed by atoms with Crippen LogP contribution in [0, 0.1) is 0 Å². The van der Waals surface area contributed by atoms with Crippen molar-refractivity contribution in [2.45, 2.75) is 110 Å². The van der Waals surface area contributed by atoms with E-state index >= 15 is 0 Å². The molecule has 0 saturated carbocycles. The fourth-order valence-corrected chi connectivity index (χ4v) is 2.50. The molecule has 126 valence electrons. The van der Waals surface area contributed by atoms with E-state index in [1.54, 1.807) is 0 Å². The molecule has 0 bridgehead atoms. The molecule has 3 nitrogen and oxygen atoms in total. The Morgan fingerprint density at radius 1 is 0.857 bits per heavy atom. The van der Waals surface area contributed by atoms with E-state index in [4.69, 9.17) is 4.74 Å². The number of hydrogen-bond donors (Lipinski definition) is 1. The number of hydrogen-bond acceptors (Lipinski definition) is 3. The summed E-state index contributed by atoms with van der Waals surface area (Å²) in [6, 6.07) is 0. The molecule has 0 radical (unpaired) electrons. The van der Waals surface area contributed by atoms with E-state index in [9.17, 15) is 9.90 Å². The number of rotatable bonds is 14. The highest BCUT2D eigenvalue weighted by Gasteiger charge is 2.19. The lowest BCUT2D eigenvalue weighted by Crippen LogP contribution is -2.30. The first-order valence-electron chi connectivity index (χ1n) is 9.03. The van der Waals surface area contributed by atoms with Crippen molar-refractivity contribution >= 4 is 5.97 Å². The van der Waals surface area contributed by atoms with Gasteiger partial charge in [-0.15, -0.1) is 0 Å². The van der Waals surface area contributed by atoms with Gasteiger partial charge >= 0.3 is 5.97 Å². The molecule has 0 aliphatic rings. The molecule has 0 aromatic rings. The maximum absolute atomic E-state index is 11.7. The summed E-state index contributed by atoms with van der Waals surface area (Å²) in [7, 11) is 0. The second-order valence-electron chi connectivity index (χ2n) is 5.99. The fraction of sp³-hybridized carbons (Fsp3) is 0.944. The molecule has 0 saturated heterocycles. The van der Waals surface area contributed by atoms with Gasteiger partial charge in [0.25, 0.3) is 0 Å². The Kier molecular flexibility index (Phi) is 14.0. The van der Waals surface area contributed by atoms with Gasteiger partial charge in [-0.2, -0.15) is 0 Å². The standard InChI is InChI=1S/C18H36O3/c1-4-7-8-9-10-11-12-13-14-15-18(20)21-17(6-3)16(19)5-2/h16-17,19H,4-15H2,1-3H3. The monoisotopic (exact) mass is 300 g/mol. The van der Waals surface area contributed by atoms with Gasteiger partial charge in [0.2, 0.25) is 0 Å². The molecule has 0 rings (SSSR count). The molecule has 2 atom stereocenters. The van der Waals surface area contributed by atoms with Crippen molar-refractivity contribution in [1.82, 2.24) is 0 Å². The van der Waals surface area contributed by atoms with E-state index in [1.165, 1.54) is 44.9 Å². The molecule has 0 amide bonds.